The number of allylic oxidation sites excluding steroid dienone is 8. The third-order valence-electron chi connectivity index (χ3n) is 10.4. The number of aliphatic hydroxyl groups is 7. The maximum absolute atomic E-state index is 13.0. The lowest BCUT2D eigenvalue weighted by Gasteiger charge is -2.40. The van der Waals surface area contributed by atoms with Gasteiger partial charge in [0.2, 0.25) is 5.91 Å². The molecule has 0 aromatic carbocycles. The smallest absolute Gasteiger partial charge is 0.249 e. The molecular formula is C45H81NO10. The molecule has 8 N–H and O–H groups in total. The molecule has 9 unspecified atom stereocenters. The molecule has 0 bridgehead atoms. The van der Waals surface area contributed by atoms with E-state index in [2.05, 4.69) is 61.7 Å². The highest BCUT2D eigenvalue weighted by Crippen LogP contribution is 2.23. The van der Waals surface area contributed by atoms with Gasteiger partial charge in [-0.15, -0.1) is 0 Å². The van der Waals surface area contributed by atoms with Crippen LogP contribution in [-0.2, 0) is 14.3 Å². The van der Waals surface area contributed by atoms with E-state index in [1.807, 2.05) is 6.08 Å². The third-order valence-corrected chi connectivity index (χ3v) is 10.4. The summed E-state index contributed by atoms with van der Waals surface area (Å²) < 4.78 is 11.0. The normalized spacial score (nSPS) is 22.8. The van der Waals surface area contributed by atoms with Crippen LogP contribution in [-0.4, -0.2) is 110 Å². The summed E-state index contributed by atoms with van der Waals surface area (Å²) >= 11 is 0. The second-order valence-electron chi connectivity index (χ2n) is 15.3. The van der Waals surface area contributed by atoms with Crippen molar-refractivity contribution in [1.82, 2.24) is 5.32 Å². The molecule has 0 aromatic heterocycles. The number of hydrogen-bond acceptors (Lipinski definition) is 10. The number of hydrogen-bond donors (Lipinski definition) is 8. The molecule has 1 fully saturated rings. The lowest BCUT2D eigenvalue weighted by Crippen LogP contribution is -2.60. The van der Waals surface area contributed by atoms with Crippen LogP contribution < -0.4 is 5.32 Å². The van der Waals surface area contributed by atoms with Crippen LogP contribution in [0.15, 0.2) is 48.6 Å². The zero-order chi connectivity index (χ0) is 41.2. The average molecular weight is 796 g/mol. The van der Waals surface area contributed by atoms with Crippen molar-refractivity contribution >= 4 is 5.91 Å². The molecule has 0 spiro atoms. The lowest BCUT2D eigenvalue weighted by molar-refractivity contribution is -0.303. The number of rotatable bonds is 35. The SMILES string of the molecule is CC/C=C\C/C=C\CCCCCCCCCCCCCCCC(O)C(=O)NC(COC1OC(CO)C(O)C(O)C1O)C(O)C(O)CCC/C=C/CC/C=C/CC. The van der Waals surface area contributed by atoms with Crippen molar-refractivity contribution in [2.75, 3.05) is 13.2 Å². The molecule has 56 heavy (non-hydrogen) atoms. The van der Waals surface area contributed by atoms with Gasteiger partial charge in [-0.2, -0.15) is 0 Å². The Morgan fingerprint density at radius 3 is 1.73 bits per heavy atom. The number of amides is 1. The molecule has 1 rings (SSSR count). The van der Waals surface area contributed by atoms with E-state index in [9.17, 15) is 40.5 Å². The van der Waals surface area contributed by atoms with Crippen LogP contribution in [0.2, 0.25) is 0 Å². The highest BCUT2D eigenvalue weighted by Gasteiger charge is 2.44. The first-order valence-electron chi connectivity index (χ1n) is 22.0. The molecule has 9 atom stereocenters. The van der Waals surface area contributed by atoms with Crippen molar-refractivity contribution in [3.63, 3.8) is 0 Å². The highest BCUT2D eigenvalue weighted by atomic mass is 16.7. The van der Waals surface area contributed by atoms with Gasteiger partial charge in [0.15, 0.2) is 6.29 Å². The van der Waals surface area contributed by atoms with Crippen molar-refractivity contribution in [2.24, 2.45) is 0 Å². The van der Waals surface area contributed by atoms with Gasteiger partial charge in [-0.3, -0.25) is 4.79 Å². The molecular weight excluding hydrogens is 714 g/mol. The topological polar surface area (TPSA) is 189 Å². The fourth-order valence-electron chi connectivity index (χ4n) is 6.74. The monoisotopic (exact) mass is 796 g/mol. The van der Waals surface area contributed by atoms with Crippen molar-refractivity contribution in [3.8, 4) is 0 Å². The van der Waals surface area contributed by atoms with Gasteiger partial charge < -0.3 is 50.5 Å². The van der Waals surface area contributed by atoms with E-state index in [-0.39, 0.29) is 12.8 Å². The number of aliphatic hydroxyl groups excluding tert-OH is 7. The first kappa shape index (κ1) is 52.1. The Kier molecular flexibility index (Phi) is 32.6. The van der Waals surface area contributed by atoms with Gasteiger partial charge in [0, 0.05) is 0 Å². The first-order chi connectivity index (χ1) is 27.2. The van der Waals surface area contributed by atoms with E-state index >= 15 is 0 Å². The number of carbonyl (C=O) groups excluding carboxylic acids is 1. The van der Waals surface area contributed by atoms with Gasteiger partial charge in [0.1, 0.15) is 36.6 Å². The Morgan fingerprint density at radius 1 is 0.625 bits per heavy atom. The van der Waals surface area contributed by atoms with E-state index in [1.165, 1.54) is 64.2 Å². The minimum atomic E-state index is -1.67. The Labute approximate surface area is 339 Å². The van der Waals surface area contributed by atoms with E-state index in [0.29, 0.717) is 19.3 Å². The van der Waals surface area contributed by atoms with Crippen LogP contribution >= 0.6 is 0 Å². The van der Waals surface area contributed by atoms with Crippen molar-refractivity contribution in [2.45, 2.75) is 217 Å². The van der Waals surface area contributed by atoms with Gasteiger partial charge in [0.25, 0.3) is 0 Å². The first-order valence-corrected chi connectivity index (χ1v) is 22.0. The maximum Gasteiger partial charge on any atom is 0.249 e. The van der Waals surface area contributed by atoms with Gasteiger partial charge in [-0.1, -0.05) is 140 Å². The predicted molar refractivity (Wildman–Crippen MR) is 224 cm³/mol. The van der Waals surface area contributed by atoms with Gasteiger partial charge in [0.05, 0.1) is 25.4 Å². The molecule has 1 aliphatic heterocycles. The van der Waals surface area contributed by atoms with E-state index < -0.39 is 74.2 Å². The van der Waals surface area contributed by atoms with Crippen LogP contribution in [0.3, 0.4) is 0 Å². The van der Waals surface area contributed by atoms with Crippen molar-refractivity contribution in [3.05, 3.63) is 48.6 Å². The summed E-state index contributed by atoms with van der Waals surface area (Å²) in [5, 5.41) is 75.3. The van der Waals surface area contributed by atoms with Crippen LogP contribution in [0.5, 0.6) is 0 Å². The van der Waals surface area contributed by atoms with Gasteiger partial charge in [-0.05, 0) is 70.6 Å². The Hall–Kier alpha value is -1.93. The summed E-state index contributed by atoms with van der Waals surface area (Å²) in [6.45, 7) is 3.16. The quantitative estimate of drug-likeness (QED) is 0.0256. The van der Waals surface area contributed by atoms with Crippen LogP contribution in [0.25, 0.3) is 0 Å². The van der Waals surface area contributed by atoms with Crippen molar-refractivity contribution < 1.29 is 50.0 Å². The third kappa shape index (κ3) is 24.8. The number of ether oxygens (including phenoxy) is 2. The van der Waals surface area contributed by atoms with Gasteiger partial charge in [-0.25, -0.2) is 0 Å². The van der Waals surface area contributed by atoms with Gasteiger partial charge >= 0.3 is 0 Å². The molecule has 11 nitrogen and oxygen atoms in total. The Balaban J connectivity index is 2.41. The van der Waals surface area contributed by atoms with E-state index in [0.717, 1.165) is 51.4 Å². The highest BCUT2D eigenvalue weighted by molar-refractivity contribution is 5.80. The summed E-state index contributed by atoms with van der Waals surface area (Å²) in [6.07, 6.45) is 29.1. The molecule has 0 aromatic rings. The second-order valence-corrected chi connectivity index (χ2v) is 15.3. The molecule has 11 heteroatoms. The standard InChI is InChI=1S/C45H81NO10/c1-3-5-7-9-11-13-14-15-16-17-18-19-20-21-22-23-25-27-29-31-33-38(49)44(54)46-36(35-55-45-43(53)42(52)41(51)39(34-47)56-45)40(50)37(48)32-30-28-26-24-12-10-8-6-4-2/h5-8,11,13,24,26,36-43,45,47-53H,3-4,9-10,12,14-23,25,27-35H2,1-2H3,(H,46,54)/b7-5-,8-6+,13-11-,26-24+. The van der Waals surface area contributed by atoms with E-state index in [4.69, 9.17) is 9.47 Å². The van der Waals surface area contributed by atoms with Crippen LogP contribution in [0, 0.1) is 0 Å². The number of unbranched alkanes of at least 4 members (excludes halogenated alkanes) is 15. The lowest BCUT2D eigenvalue weighted by atomic mass is 9.98. The number of carbonyl (C=O) groups is 1. The fourth-order valence-corrected chi connectivity index (χ4v) is 6.74. The second kappa shape index (κ2) is 35.1. The summed E-state index contributed by atoms with van der Waals surface area (Å²) in [6, 6.07) is -1.19. The fraction of sp³-hybridized carbons (Fsp3) is 0.800. The molecule has 0 aliphatic carbocycles. The largest absolute Gasteiger partial charge is 0.394 e. The molecule has 1 saturated heterocycles. The average Bonchev–Trinajstić information content (AvgIpc) is 3.20. The minimum absolute atomic E-state index is 0.242. The molecule has 326 valence electrons. The number of nitrogens with one attached hydrogen (secondary N) is 1. The minimum Gasteiger partial charge on any atom is -0.394 e. The summed E-state index contributed by atoms with van der Waals surface area (Å²) in [7, 11) is 0. The summed E-state index contributed by atoms with van der Waals surface area (Å²) in [5.74, 6) is -0.717. The molecule has 0 saturated carbocycles. The Bertz CT molecular complexity index is 1050. The molecule has 1 amide bonds. The molecule has 1 aliphatic rings. The van der Waals surface area contributed by atoms with Crippen LogP contribution in [0.4, 0.5) is 0 Å². The summed E-state index contributed by atoms with van der Waals surface area (Å²) in [5.41, 5.74) is 0. The van der Waals surface area contributed by atoms with Crippen LogP contribution in [0.1, 0.15) is 162 Å². The van der Waals surface area contributed by atoms with E-state index in [1.54, 1.807) is 0 Å². The zero-order valence-corrected chi connectivity index (χ0v) is 34.8. The predicted octanol–water partition coefficient (Wildman–Crippen LogP) is 6.61. The maximum atomic E-state index is 13.0. The summed E-state index contributed by atoms with van der Waals surface area (Å²) in [4.78, 5) is 13.0. The molecule has 0 radical (unpaired) electrons. The Morgan fingerprint density at radius 2 is 1.12 bits per heavy atom. The molecule has 1 heterocycles. The van der Waals surface area contributed by atoms with Crippen molar-refractivity contribution in [1.29, 1.82) is 0 Å². The zero-order valence-electron chi connectivity index (χ0n) is 34.8.